The monoisotopic (exact) mass is 385 g/mol. The van der Waals surface area contributed by atoms with Gasteiger partial charge >= 0.3 is 0 Å². The lowest BCUT2D eigenvalue weighted by molar-refractivity contribution is -0.127. The molecule has 0 aliphatic carbocycles. The first kappa shape index (κ1) is 18.9. The Morgan fingerprint density at radius 3 is 2.33 bits per heavy atom. The molecule has 27 heavy (non-hydrogen) atoms. The summed E-state index contributed by atoms with van der Waals surface area (Å²) in [6.07, 6.45) is 1.39. The minimum atomic E-state index is -0.381. The summed E-state index contributed by atoms with van der Waals surface area (Å²) in [5.74, 6) is -1.18. The Morgan fingerprint density at radius 2 is 1.63 bits per heavy atom. The average Bonchev–Trinajstić information content (AvgIpc) is 2.72. The first-order valence-corrected chi connectivity index (χ1v) is 9.12. The maximum atomic E-state index is 12.6. The van der Waals surface area contributed by atoms with Crippen molar-refractivity contribution in [3.8, 4) is 0 Å². The van der Waals surface area contributed by atoms with Gasteiger partial charge in [0.15, 0.2) is 0 Å². The van der Waals surface area contributed by atoms with Crippen molar-refractivity contribution in [3.05, 3.63) is 70.7 Å². The highest BCUT2D eigenvalue weighted by atomic mass is 35.5. The molecule has 3 amide bonds. The SMILES string of the molecule is O=C(NNC(=O)C1CCCN(C(=O)c2ccc(Cl)cc2)C1)c1ccccc1. The zero-order valence-corrected chi connectivity index (χ0v) is 15.4. The number of hydrazine groups is 1. The number of carbonyl (C=O) groups is 3. The van der Waals surface area contributed by atoms with Gasteiger partial charge in [0, 0.05) is 29.2 Å². The zero-order valence-electron chi connectivity index (χ0n) is 14.7. The second-order valence-corrected chi connectivity index (χ2v) is 6.84. The van der Waals surface area contributed by atoms with Gasteiger partial charge < -0.3 is 4.90 Å². The highest BCUT2D eigenvalue weighted by Gasteiger charge is 2.29. The van der Waals surface area contributed by atoms with E-state index in [2.05, 4.69) is 10.9 Å². The van der Waals surface area contributed by atoms with E-state index in [1.54, 1.807) is 53.4 Å². The number of hydrogen-bond acceptors (Lipinski definition) is 3. The quantitative estimate of drug-likeness (QED) is 0.797. The maximum Gasteiger partial charge on any atom is 0.269 e. The summed E-state index contributed by atoms with van der Waals surface area (Å²) < 4.78 is 0. The van der Waals surface area contributed by atoms with Crippen molar-refractivity contribution in [1.29, 1.82) is 0 Å². The molecule has 0 aromatic heterocycles. The predicted molar refractivity (Wildman–Crippen MR) is 102 cm³/mol. The van der Waals surface area contributed by atoms with E-state index in [0.29, 0.717) is 35.7 Å². The summed E-state index contributed by atoms with van der Waals surface area (Å²) in [5, 5.41) is 0.566. The van der Waals surface area contributed by atoms with Gasteiger partial charge in [0.2, 0.25) is 5.91 Å². The van der Waals surface area contributed by atoms with Crippen LogP contribution in [0.1, 0.15) is 33.6 Å². The Bertz CT molecular complexity index is 824. The topological polar surface area (TPSA) is 78.5 Å². The summed E-state index contributed by atoms with van der Waals surface area (Å²) in [7, 11) is 0. The first-order chi connectivity index (χ1) is 13.0. The molecule has 3 rings (SSSR count). The standard InChI is InChI=1S/C20H20ClN3O3/c21-17-10-8-15(9-11-17)20(27)24-12-4-7-16(13-24)19(26)23-22-18(25)14-5-2-1-3-6-14/h1-3,5-6,8-11,16H,4,7,12-13H2,(H,22,25)(H,23,26). The molecule has 0 saturated carbocycles. The van der Waals surface area contributed by atoms with Crippen LogP contribution in [0, 0.1) is 5.92 Å². The number of hydrogen-bond donors (Lipinski definition) is 2. The van der Waals surface area contributed by atoms with Gasteiger partial charge in [0.05, 0.1) is 5.92 Å². The third kappa shape index (κ3) is 4.86. The fourth-order valence-electron chi connectivity index (χ4n) is 3.03. The number of amides is 3. The Kier molecular flexibility index (Phi) is 6.08. The van der Waals surface area contributed by atoms with E-state index in [1.165, 1.54) is 0 Å². The van der Waals surface area contributed by atoms with Gasteiger partial charge in [-0.15, -0.1) is 0 Å². The number of carbonyl (C=O) groups excluding carboxylic acids is 3. The number of nitrogens with one attached hydrogen (secondary N) is 2. The van der Waals surface area contributed by atoms with E-state index < -0.39 is 0 Å². The average molecular weight is 386 g/mol. The van der Waals surface area contributed by atoms with Crippen LogP contribution in [0.15, 0.2) is 54.6 Å². The summed E-state index contributed by atoms with van der Waals surface area (Å²) in [5.41, 5.74) is 5.88. The van der Waals surface area contributed by atoms with Crippen LogP contribution < -0.4 is 10.9 Å². The van der Waals surface area contributed by atoms with Crippen molar-refractivity contribution in [2.45, 2.75) is 12.8 Å². The second-order valence-electron chi connectivity index (χ2n) is 6.41. The Labute approximate surface area is 162 Å². The molecule has 1 fully saturated rings. The predicted octanol–water partition coefficient (Wildman–Crippen LogP) is 2.65. The largest absolute Gasteiger partial charge is 0.338 e. The normalized spacial score (nSPS) is 16.5. The van der Waals surface area contributed by atoms with Crippen molar-refractivity contribution in [1.82, 2.24) is 15.8 Å². The van der Waals surface area contributed by atoms with Crippen LogP contribution in [0.5, 0.6) is 0 Å². The molecule has 2 aromatic carbocycles. The fourth-order valence-corrected chi connectivity index (χ4v) is 3.16. The minimum absolute atomic E-state index is 0.127. The number of nitrogens with zero attached hydrogens (tertiary/aromatic N) is 1. The van der Waals surface area contributed by atoms with Crippen molar-refractivity contribution in [3.63, 3.8) is 0 Å². The Morgan fingerprint density at radius 1 is 0.926 bits per heavy atom. The molecule has 7 heteroatoms. The molecule has 140 valence electrons. The van der Waals surface area contributed by atoms with Crippen molar-refractivity contribution in [2.75, 3.05) is 13.1 Å². The number of likely N-dealkylation sites (tertiary alicyclic amines) is 1. The van der Waals surface area contributed by atoms with Crippen LogP contribution in [0.4, 0.5) is 0 Å². The van der Waals surface area contributed by atoms with Crippen LogP contribution >= 0.6 is 11.6 Å². The molecule has 1 atom stereocenters. The van der Waals surface area contributed by atoms with E-state index in [4.69, 9.17) is 11.6 Å². The van der Waals surface area contributed by atoms with Gasteiger partial charge in [-0.25, -0.2) is 0 Å². The van der Waals surface area contributed by atoms with E-state index in [9.17, 15) is 14.4 Å². The van der Waals surface area contributed by atoms with Crippen LogP contribution in [0.25, 0.3) is 0 Å². The van der Waals surface area contributed by atoms with Gasteiger partial charge in [-0.05, 0) is 49.2 Å². The van der Waals surface area contributed by atoms with Gasteiger partial charge in [0.25, 0.3) is 11.8 Å². The lowest BCUT2D eigenvalue weighted by Crippen LogP contribution is -2.50. The van der Waals surface area contributed by atoms with Gasteiger partial charge in [0.1, 0.15) is 0 Å². The van der Waals surface area contributed by atoms with Crippen LogP contribution in [0.2, 0.25) is 5.02 Å². The van der Waals surface area contributed by atoms with Crippen LogP contribution in [0.3, 0.4) is 0 Å². The van der Waals surface area contributed by atoms with Crippen molar-refractivity contribution < 1.29 is 14.4 Å². The Hall–Kier alpha value is -2.86. The molecular weight excluding hydrogens is 366 g/mol. The number of halogens is 1. The van der Waals surface area contributed by atoms with E-state index in [1.807, 2.05) is 6.07 Å². The molecule has 0 bridgehead atoms. The van der Waals surface area contributed by atoms with Gasteiger partial charge in [-0.2, -0.15) is 0 Å². The van der Waals surface area contributed by atoms with E-state index in [0.717, 1.165) is 6.42 Å². The molecule has 1 aliphatic heterocycles. The molecule has 1 saturated heterocycles. The number of benzene rings is 2. The molecule has 6 nitrogen and oxygen atoms in total. The van der Waals surface area contributed by atoms with Crippen LogP contribution in [-0.4, -0.2) is 35.7 Å². The van der Waals surface area contributed by atoms with E-state index >= 15 is 0 Å². The van der Waals surface area contributed by atoms with Gasteiger partial charge in [-0.3, -0.25) is 25.2 Å². The third-order valence-corrected chi connectivity index (χ3v) is 4.76. The lowest BCUT2D eigenvalue weighted by atomic mass is 9.96. The molecule has 1 unspecified atom stereocenters. The summed E-state index contributed by atoms with van der Waals surface area (Å²) >= 11 is 5.86. The molecule has 2 aromatic rings. The molecule has 2 N–H and O–H groups in total. The Balaban J connectivity index is 1.55. The smallest absolute Gasteiger partial charge is 0.269 e. The number of rotatable bonds is 3. The summed E-state index contributed by atoms with van der Waals surface area (Å²) in [4.78, 5) is 38.7. The third-order valence-electron chi connectivity index (χ3n) is 4.51. The van der Waals surface area contributed by atoms with Gasteiger partial charge in [-0.1, -0.05) is 29.8 Å². The molecule has 1 aliphatic rings. The van der Waals surface area contributed by atoms with Crippen molar-refractivity contribution >= 4 is 29.3 Å². The van der Waals surface area contributed by atoms with Crippen LogP contribution in [-0.2, 0) is 4.79 Å². The molecular formula is C20H20ClN3O3. The van der Waals surface area contributed by atoms with E-state index in [-0.39, 0.29) is 23.6 Å². The molecule has 1 heterocycles. The number of piperidine rings is 1. The fraction of sp³-hybridized carbons (Fsp3) is 0.250. The summed E-state index contributed by atoms with van der Waals surface area (Å²) in [6, 6.07) is 15.3. The second kappa shape index (κ2) is 8.68. The summed E-state index contributed by atoms with van der Waals surface area (Å²) in [6.45, 7) is 0.913. The minimum Gasteiger partial charge on any atom is -0.338 e. The highest BCUT2D eigenvalue weighted by molar-refractivity contribution is 6.30. The molecule has 0 spiro atoms. The lowest BCUT2D eigenvalue weighted by Gasteiger charge is -2.32. The highest BCUT2D eigenvalue weighted by Crippen LogP contribution is 2.19. The van der Waals surface area contributed by atoms with Crippen molar-refractivity contribution in [2.24, 2.45) is 5.92 Å². The maximum absolute atomic E-state index is 12.6. The first-order valence-electron chi connectivity index (χ1n) is 8.74. The zero-order chi connectivity index (χ0) is 19.2. The molecule has 0 radical (unpaired) electrons.